The maximum Gasteiger partial charge on any atom is 0.331 e. The Balaban J connectivity index is 1.49. The van der Waals surface area contributed by atoms with Crippen LogP contribution in [0.5, 0.6) is 0 Å². The molecular formula is C30H34N6O2. The monoisotopic (exact) mass is 510 g/mol. The Kier molecular flexibility index (Phi) is 8.06. The topological polar surface area (TPSA) is 98.6 Å². The number of aryl methyl sites for hydroxylation is 2. The molecule has 0 saturated carbocycles. The number of ether oxygens (including phenoxy) is 1. The van der Waals surface area contributed by atoms with Crippen LogP contribution in [0.2, 0.25) is 0 Å². The molecule has 0 aliphatic heterocycles. The van der Waals surface area contributed by atoms with Crippen molar-refractivity contribution in [1.82, 2.24) is 30.2 Å². The van der Waals surface area contributed by atoms with Crippen molar-refractivity contribution in [2.24, 2.45) is 0 Å². The van der Waals surface area contributed by atoms with Crippen molar-refractivity contribution < 1.29 is 9.53 Å². The van der Waals surface area contributed by atoms with Gasteiger partial charge in [-0.25, -0.2) is 14.9 Å². The number of esters is 1. The van der Waals surface area contributed by atoms with Gasteiger partial charge in [-0.1, -0.05) is 61.9 Å². The minimum atomic E-state index is -0.275. The fraction of sp³-hybridized carbons (Fsp3) is 0.367. The number of benzene rings is 2. The maximum absolute atomic E-state index is 12.4. The zero-order chi connectivity index (χ0) is 26.3. The third kappa shape index (κ3) is 5.59. The Bertz CT molecular complexity index is 1400. The van der Waals surface area contributed by atoms with Crippen molar-refractivity contribution >= 4 is 11.5 Å². The summed E-state index contributed by atoms with van der Waals surface area (Å²) in [7, 11) is 0. The molecule has 8 heteroatoms. The van der Waals surface area contributed by atoms with E-state index in [0.717, 1.165) is 84.4 Å². The van der Waals surface area contributed by atoms with Crippen molar-refractivity contribution in [3.8, 4) is 22.5 Å². The first kappa shape index (κ1) is 25.6. The summed E-state index contributed by atoms with van der Waals surface area (Å²) in [5.41, 5.74) is 7.56. The summed E-state index contributed by atoms with van der Waals surface area (Å²) >= 11 is 0. The highest BCUT2D eigenvalue weighted by Gasteiger charge is 2.23. The molecule has 196 valence electrons. The van der Waals surface area contributed by atoms with Gasteiger partial charge in [-0.05, 0) is 71.7 Å². The SMILES string of the molecule is CCCCc1nc2c(n1Cc1ccc(-c3ccccc3-c3nnn[nH]3)cc1)C(=CC(=O)OCC)CCCC2. The van der Waals surface area contributed by atoms with Crippen molar-refractivity contribution in [2.75, 3.05) is 6.61 Å². The lowest BCUT2D eigenvalue weighted by Crippen LogP contribution is -2.10. The van der Waals surface area contributed by atoms with Gasteiger partial charge in [0.2, 0.25) is 0 Å². The number of carbonyl (C=O) groups is 1. The van der Waals surface area contributed by atoms with Gasteiger partial charge in [-0.15, -0.1) is 5.10 Å². The molecule has 1 aliphatic carbocycles. The zero-order valence-corrected chi connectivity index (χ0v) is 22.1. The lowest BCUT2D eigenvalue weighted by molar-refractivity contribution is -0.137. The van der Waals surface area contributed by atoms with Crippen LogP contribution in [0.1, 0.15) is 68.7 Å². The first-order chi connectivity index (χ1) is 18.7. The minimum absolute atomic E-state index is 0.275. The second-order valence-corrected chi connectivity index (χ2v) is 9.63. The molecular weight excluding hydrogens is 476 g/mol. The number of nitrogens with zero attached hydrogens (tertiary/aromatic N) is 5. The summed E-state index contributed by atoms with van der Waals surface area (Å²) in [6.07, 6.45) is 8.72. The summed E-state index contributed by atoms with van der Waals surface area (Å²) in [6, 6.07) is 16.7. The van der Waals surface area contributed by atoms with Crippen LogP contribution < -0.4 is 0 Å². The van der Waals surface area contributed by atoms with Gasteiger partial charge in [0, 0.05) is 24.6 Å². The van der Waals surface area contributed by atoms with Gasteiger partial charge < -0.3 is 9.30 Å². The first-order valence-electron chi connectivity index (χ1n) is 13.6. The second-order valence-electron chi connectivity index (χ2n) is 9.63. The number of allylic oxidation sites excluding steroid dienone is 1. The number of imidazole rings is 1. The van der Waals surface area contributed by atoms with E-state index >= 15 is 0 Å². The number of H-pyrrole nitrogens is 1. The second kappa shape index (κ2) is 12.0. The molecule has 5 rings (SSSR count). The molecule has 0 spiro atoms. The quantitative estimate of drug-likeness (QED) is 0.174. The highest BCUT2D eigenvalue weighted by molar-refractivity contribution is 5.91. The Morgan fingerprint density at radius 1 is 1.05 bits per heavy atom. The average molecular weight is 511 g/mol. The van der Waals surface area contributed by atoms with Gasteiger partial charge >= 0.3 is 5.97 Å². The van der Waals surface area contributed by atoms with Crippen LogP contribution in [0, 0.1) is 0 Å². The van der Waals surface area contributed by atoms with E-state index in [4.69, 9.17) is 9.72 Å². The number of hydrogen-bond donors (Lipinski definition) is 1. The number of rotatable bonds is 9. The fourth-order valence-electron chi connectivity index (χ4n) is 5.16. The Hall–Kier alpha value is -4.07. The largest absolute Gasteiger partial charge is 0.463 e. The molecule has 0 amide bonds. The van der Waals surface area contributed by atoms with Crippen molar-refractivity contribution in [3.05, 3.63) is 77.4 Å². The summed E-state index contributed by atoms with van der Waals surface area (Å²) < 4.78 is 7.60. The average Bonchev–Trinajstić information content (AvgIpc) is 3.54. The van der Waals surface area contributed by atoms with Crippen molar-refractivity contribution in [2.45, 2.75) is 65.3 Å². The predicted molar refractivity (Wildman–Crippen MR) is 147 cm³/mol. The predicted octanol–water partition coefficient (Wildman–Crippen LogP) is 5.79. The Labute approximate surface area is 223 Å². The Morgan fingerprint density at radius 3 is 2.58 bits per heavy atom. The number of aromatic amines is 1. The third-order valence-electron chi connectivity index (χ3n) is 7.00. The lowest BCUT2D eigenvalue weighted by atomic mass is 9.98. The molecule has 0 saturated heterocycles. The molecule has 0 unspecified atom stereocenters. The van der Waals surface area contributed by atoms with E-state index in [9.17, 15) is 4.79 Å². The standard InChI is InChI=1S/C30H34N6O2/c1-3-5-14-27-31-26-13-9-6-10-23(19-28(37)38-4-2)29(26)36(27)20-21-15-17-22(18-16-21)24-11-7-8-12-25(24)30-32-34-35-33-30/h7-8,11-12,15-19H,3-6,9-10,13-14,20H2,1-2H3,(H,32,33,34,35). The van der Waals surface area contributed by atoms with E-state index in [2.05, 4.69) is 62.4 Å². The number of unbranched alkanes of at least 4 members (excludes halogenated alkanes) is 1. The molecule has 0 radical (unpaired) electrons. The molecule has 8 nitrogen and oxygen atoms in total. The summed E-state index contributed by atoms with van der Waals surface area (Å²) in [6.45, 7) is 5.12. The minimum Gasteiger partial charge on any atom is -0.463 e. The van der Waals surface area contributed by atoms with E-state index in [-0.39, 0.29) is 5.97 Å². The van der Waals surface area contributed by atoms with Gasteiger partial charge in [-0.2, -0.15) is 0 Å². The van der Waals surface area contributed by atoms with Crippen LogP contribution >= 0.6 is 0 Å². The normalized spacial score (nSPS) is 14.3. The zero-order valence-electron chi connectivity index (χ0n) is 22.1. The van der Waals surface area contributed by atoms with E-state index in [1.54, 1.807) is 6.08 Å². The number of fused-ring (bicyclic) bond motifs is 1. The number of aromatic nitrogens is 6. The smallest absolute Gasteiger partial charge is 0.331 e. The number of tetrazole rings is 1. The van der Waals surface area contributed by atoms with Crippen LogP contribution in [0.15, 0.2) is 54.6 Å². The lowest BCUT2D eigenvalue weighted by Gasteiger charge is -2.15. The first-order valence-corrected chi connectivity index (χ1v) is 13.6. The van der Waals surface area contributed by atoms with Crippen molar-refractivity contribution in [1.29, 1.82) is 0 Å². The van der Waals surface area contributed by atoms with Gasteiger partial charge in [0.15, 0.2) is 5.82 Å². The molecule has 0 atom stereocenters. The van der Waals surface area contributed by atoms with Crippen molar-refractivity contribution in [3.63, 3.8) is 0 Å². The molecule has 0 bridgehead atoms. The molecule has 38 heavy (non-hydrogen) atoms. The van der Waals surface area contributed by atoms with Crippen LogP contribution in [0.25, 0.3) is 28.1 Å². The molecule has 1 N–H and O–H groups in total. The van der Waals surface area contributed by atoms with E-state index in [1.165, 1.54) is 5.56 Å². The van der Waals surface area contributed by atoms with Crippen LogP contribution in [-0.4, -0.2) is 42.8 Å². The van der Waals surface area contributed by atoms with E-state index in [1.807, 2.05) is 25.1 Å². The maximum atomic E-state index is 12.4. The molecule has 0 fully saturated rings. The van der Waals surface area contributed by atoms with E-state index < -0.39 is 0 Å². The molecule has 2 heterocycles. The number of nitrogens with one attached hydrogen (secondary N) is 1. The van der Waals surface area contributed by atoms with Gasteiger partial charge in [0.05, 0.1) is 18.0 Å². The highest BCUT2D eigenvalue weighted by Crippen LogP contribution is 2.33. The number of hydrogen-bond acceptors (Lipinski definition) is 6. The third-order valence-corrected chi connectivity index (χ3v) is 7.00. The molecule has 2 aromatic heterocycles. The Morgan fingerprint density at radius 2 is 1.84 bits per heavy atom. The number of carbonyl (C=O) groups excluding carboxylic acids is 1. The van der Waals surface area contributed by atoms with Crippen LogP contribution in [0.3, 0.4) is 0 Å². The molecule has 1 aliphatic rings. The van der Waals surface area contributed by atoms with Gasteiger partial charge in [-0.3, -0.25) is 0 Å². The summed E-state index contributed by atoms with van der Waals surface area (Å²) in [4.78, 5) is 17.5. The van der Waals surface area contributed by atoms with Crippen LogP contribution in [-0.2, 0) is 28.9 Å². The molecule has 4 aromatic rings. The fourth-order valence-corrected chi connectivity index (χ4v) is 5.16. The van der Waals surface area contributed by atoms with Crippen LogP contribution in [0.4, 0.5) is 0 Å². The van der Waals surface area contributed by atoms with Gasteiger partial charge in [0.25, 0.3) is 0 Å². The highest BCUT2D eigenvalue weighted by atomic mass is 16.5. The summed E-state index contributed by atoms with van der Waals surface area (Å²) in [5.74, 6) is 1.47. The summed E-state index contributed by atoms with van der Waals surface area (Å²) in [5, 5.41) is 14.4. The van der Waals surface area contributed by atoms with Gasteiger partial charge in [0.1, 0.15) is 5.82 Å². The molecule has 2 aromatic carbocycles. The van der Waals surface area contributed by atoms with E-state index in [0.29, 0.717) is 19.0 Å².